The van der Waals surface area contributed by atoms with E-state index in [1.54, 1.807) is 11.3 Å². The van der Waals surface area contributed by atoms with E-state index in [0.29, 0.717) is 12.2 Å². The van der Waals surface area contributed by atoms with Crippen molar-refractivity contribution in [3.05, 3.63) is 23.4 Å². The number of aromatic amines is 1. The maximum absolute atomic E-state index is 13.0. The average molecular weight is 344 g/mol. The van der Waals surface area contributed by atoms with Crippen molar-refractivity contribution in [3.8, 4) is 10.6 Å². The van der Waals surface area contributed by atoms with Crippen molar-refractivity contribution in [3.63, 3.8) is 0 Å². The SMILES string of the molecule is CN1CCN(c2sc(-c3cc[nH]n3)c3c2C(=O)CC(C)(C)C3)CC1. The quantitative estimate of drug-likeness (QED) is 0.910. The van der Waals surface area contributed by atoms with Gasteiger partial charge in [-0.25, -0.2) is 0 Å². The van der Waals surface area contributed by atoms with Crippen LogP contribution in [-0.2, 0) is 6.42 Å². The number of aromatic nitrogens is 2. The number of nitrogens with one attached hydrogen (secondary N) is 1. The lowest BCUT2D eigenvalue weighted by Gasteiger charge is -2.35. The van der Waals surface area contributed by atoms with Crippen LogP contribution in [0, 0.1) is 5.41 Å². The summed E-state index contributed by atoms with van der Waals surface area (Å²) < 4.78 is 0. The molecule has 1 aliphatic heterocycles. The summed E-state index contributed by atoms with van der Waals surface area (Å²) in [6.45, 7) is 8.44. The Morgan fingerprint density at radius 3 is 2.62 bits per heavy atom. The average Bonchev–Trinajstić information content (AvgIpc) is 3.14. The zero-order valence-corrected chi connectivity index (χ0v) is 15.4. The van der Waals surface area contributed by atoms with Gasteiger partial charge >= 0.3 is 0 Å². The Hall–Kier alpha value is -1.66. The van der Waals surface area contributed by atoms with Gasteiger partial charge in [0.15, 0.2) is 5.78 Å². The molecule has 0 spiro atoms. The van der Waals surface area contributed by atoms with E-state index in [0.717, 1.165) is 48.9 Å². The van der Waals surface area contributed by atoms with Crippen molar-refractivity contribution in [2.24, 2.45) is 5.41 Å². The van der Waals surface area contributed by atoms with Gasteiger partial charge in [0.05, 0.1) is 10.4 Å². The Kier molecular flexibility index (Phi) is 3.77. The Balaban J connectivity index is 1.82. The monoisotopic (exact) mass is 344 g/mol. The molecule has 2 aliphatic rings. The minimum Gasteiger partial charge on any atom is -0.360 e. The first-order chi connectivity index (χ1) is 11.4. The number of hydrogen-bond acceptors (Lipinski definition) is 5. The van der Waals surface area contributed by atoms with Crippen molar-refractivity contribution < 1.29 is 4.79 Å². The lowest BCUT2D eigenvalue weighted by molar-refractivity contribution is 0.0914. The second-order valence-electron chi connectivity index (χ2n) is 7.78. The first-order valence-electron chi connectivity index (χ1n) is 8.57. The van der Waals surface area contributed by atoms with Crippen molar-refractivity contribution in [1.29, 1.82) is 0 Å². The molecule has 6 heteroatoms. The van der Waals surface area contributed by atoms with Crippen molar-refractivity contribution in [2.45, 2.75) is 26.7 Å². The van der Waals surface area contributed by atoms with Gasteiger partial charge < -0.3 is 9.80 Å². The minimum absolute atomic E-state index is 0.0234. The van der Waals surface area contributed by atoms with Crippen LogP contribution < -0.4 is 4.90 Å². The molecule has 0 saturated carbocycles. The second kappa shape index (κ2) is 5.70. The van der Waals surface area contributed by atoms with E-state index in [9.17, 15) is 4.79 Å². The highest BCUT2D eigenvalue weighted by Gasteiger charge is 2.38. The van der Waals surface area contributed by atoms with E-state index in [1.807, 2.05) is 12.3 Å². The standard InChI is InChI=1S/C18H24N4OS/c1-18(2)10-12-15(14(23)11-18)17(22-8-6-21(3)7-9-22)24-16(12)13-4-5-19-20-13/h4-5H,6-11H2,1-3H3,(H,19,20). The maximum atomic E-state index is 13.0. The van der Waals surface area contributed by atoms with E-state index in [1.165, 1.54) is 10.4 Å². The predicted octanol–water partition coefficient (Wildman–Crippen LogP) is 3.05. The van der Waals surface area contributed by atoms with Crippen LogP contribution in [0.3, 0.4) is 0 Å². The molecule has 0 bridgehead atoms. The van der Waals surface area contributed by atoms with Crippen molar-refractivity contribution in [2.75, 3.05) is 38.1 Å². The second-order valence-corrected chi connectivity index (χ2v) is 8.78. The molecule has 0 unspecified atom stereocenters. The molecule has 24 heavy (non-hydrogen) atoms. The van der Waals surface area contributed by atoms with E-state index in [2.05, 4.69) is 40.9 Å². The molecule has 5 nitrogen and oxygen atoms in total. The van der Waals surface area contributed by atoms with Crippen molar-refractivity contribution >= 4 is 22.1 Å². The molecule has 4 rings (SSSR count). The zero-order valence-electron chi connectivity index (χ0n) is 14.6. The van der Waals surface area contributed by atoms with Crippen LogP contribution in [-0.4, -0.2) is 54.1 Å². The molecule has 1 fully saturated rings. The number of anilines is 1. The van der Waals surface area contributed by atoms with Gasteiger partial charge in [-0.3, -0.25) is 9.89 Å². The molecular weight excluding hydrogens is 320 g/mol. The number of ketones is 1. The smallest absolute Gasteiger partial charge is 0.166 e. The molecular formula is C18H24N4OS. The number of fused-ring (bicyclic) bond motifs is 1. The highest BCUT2D eigenvalue weighted by molar-refractivity contribution is 7.20. The fourth-order valence-electron chi connectivity index (χ4n) is 3.80. The summed E-state index contributed by atoms with van der Waals surface area (Å²) >= 11 is 1.75. The van der Waals surface area contributed by atoms with Gasteiger partial charge in [0, 0.05) is 38.8 Å². The summed E-state index contributed by atoms with van der Waals surface area (Å²) in [5.74, 6) is 0.299. The Morgan fingerprint density at radius 2 is 1.96 bits per heavy atom. The molecule has 0 radical (unpaired) electrons. The number of carbonyl (C=O) groups is 1. The van der Waals surface area contributed by atoms with Gasteiger partial charge in [0.1, 0.15) is 10.7 Å². The molecule has 0 atom stereocenters. The normalized spacial score (nSPS) is 21.1. The van der Waals surface area contributed by atoms with Gasteiger partial charge in [0.25, 0.3) is 0 Å². The third-order valence-corrected chi connectivity index (χ3v) is 6.40. The number of H-pyrrole nitrogens is 1. The van der Waals surface area contributed by atoms with Crippen molar-refractivity contribution in [1.82, 2.24) is 15.1 Å². The van der Waals surface area contributed by atoms with Gasteiger partial charge in [-0.05, 0) is 30.5 Å². The number of likely N-dealkylation sites (N-methyl/N-ethyl adjacent to an activating group) is 1. The van der Waals surface area contributed by atoms with Crippen LogP contribution in [0.2, 0.25) is 0 Å². The van der Waals surface area contributed by atoms with Crippen LogP contribution in [0.1, 0.15) is 36.2 Å². The van der Waals surface area contributed by atoms with E-state index < -0.39 is 0 Å². The summed E-state index contributed by atoms with van der Waals surface area (Å²) in [6, 6.07) is 2.01. The molecule has 128 valence electrons. The fraction of sp³-hybridized carbons (Fsp3) is 0.556. The number of carbonyl (C=O) groups excluding carboxylic acids is 1. The fourth-order valence-corrected chi connectivity index (χ4v) is 5.16. The van der Waals surface area contributed by atoms with Crippen LogP contribution in [0.5, 0.6) is 0 Å². The molecule has 2 aromatic rings. The van der Waals surface area contributed by atoms with Crippen LogP contribution >= 0.6 is 11.3 Å². The maximum Gasteiger partial charge on any atom is 0.166 e. The Labute approximate surface area is 146 Å². The molecule has 3 heterocycles. The Morgan fingerprint density at radius 1 is 1.21 bits per heavy atom. The Bertz CT molecular complexity index is 754. The highest BCUT2D eigenvalue weighted by atomic mass is 32.1. The minimum atomic E-state index is 0.0234. The first kappa shape index (κ1) is 15.8. The number of nitrogens with zero attached hydrogens (tertiary/aromatic N) is 3. The van der Waals surface area contributed by atoms with E-state index >= 15 is 0 Å². The van der Waals surface area contributed by atoms with Crippen LogP contribution in [0.25, 0.3) is 10.6 Å². The van der Waals surface area contributed by atoms with Gasteiger partial charge in [-0.15, -0.1) is 11.3 Å². The number of rotatable bonds is 2. The number of hydrogen-bond donors (Lipinski definition) is 1. The summed E-state index contributed by atoms with van der Waals surface area (Å²) in [5.41, 5.74) is 3.17. The van der Waals surface area contributed by atoms with Gasteiger partial charge in [-0.1, -0.05) is 13.8 Å². The summed E-state index contributed by atoms with van der Waals surface area (Å²) in [5, 5.41) is 8.46. The number of piperazine rings is 1. The van der Waals surface area contributed by atoms with Gasteiger partial charge in [-0.2, -0.15) is 5.10 Å². The third-order valence-electron chi connectivity index (χ3n) is 5.09. The number of Topliss-reactive ketones (excluding diaryl/α,β-unsaturated/α-hetero) is 1. The largest absolute Gasteiger partial charge is 0.360 e. The molecule has 1 N–H and O–H groups in total. The first-order valence-corrected chi connectivity index (χ1v) is 9.39. The molecule has 1 saturated heterocycles. The molecule has 2 aromatic heterocycles. The molecule has 1 aliphatic carbocycles. The lowest BCUT2D eigenvalue weighted by atomic mass is 9.74. The third kappa shape index (κ3) is 2.67. The van der Waals surface area contributed by atoms with E-state index in [-0.39, 0.29) is 5.41 Å². The highest BCUT2D eigenvalue weighted by Crippen LogP contribution is 2.48. The topological polar surface area (TPSA) is 52.2 Å². The van der Waals surface area contributed by atoms with Gasteiger partial charge in [0.2, 0.25) is 0 Å². The molecule has 0 aromatic carbocycles. The van der Waals surface area contributed by atoms with E-state index in [4.69, 9.17) is 0 Å². The summed E-state index contributed by atoms with van der Waals surface area (Å²) in [4.78, 5) is 18.9. The zero-order chi connectivity index (χ0) is 16.9. The molecule has 0 amide bonds. The lowest BCUT2D eigenvalue weighted by Crippen LogP contribution is -2.44. The number of thiophene rings is 1. The summed E-state index contributed by atoms with van der Waals surface area (Å²) in [6.07, 6.45) is 3.44. The van der Waals surface area contributed by atoms with Crippen LogP contribution in [0.4, 0.5) is 5.00 Å². The summed E-state index contributed by atoms with van der Waals surface area (Å²) in [7, 11) is 2.16. The van der Waals surface area contributed by atoms with Crippen LogP contribution in [0.15, 0.2) is 12.3 Å². The predicted molar refractivity (Wildman–Crippen MR) is 98.0 cm³/mol.